The predicted molar refractivity (Wildman–Crippen MR) is 97.3 cm³/mol. The quantitative estimate of drug-likeness (QED) is 0.475. The molecule has 0 spiro atoms. The predicted octanol–water partition coefficient (Wildman–Crippen LogP) is 2.82. The molecule has 0 saturated heterocycles. The zero-order valence-corrected chi connectivity index (χ0v) is 15.0. The maximum atomic E-state index is 5.34. The molecule has 0 atom stereocenters. The zero-order valence-electron chi connectivity index (χ0n) is 15.0. The van der Waals surface area contributed by atoms with Crippen molar-refractivity contribution in [2.24, 2.45) is 0 Å². The number of hydrogen-bond donors (Lipinski definition) is 3. The van der Waals surface area contributed by atoms with Crippen molar-refractivity contribution in [2.45, 2.75) is 33.2 Å². The molecule has 3 N–H and O–H groups in total. The number of aryl methyl sites for hydroxylation is 2. The SMILES string of the molecule is CCOCCCc1cc(Nc2ccnc(NCc3cc(C)no3)n2)n[nH]1. The van der Waals surface area contributed by atoms with Crippen LogP contribution in [0.15, 0.2) is 28.9 Å². The highest BCUT2D eigenvalue weighted by atomic mass is 16.5. The fourth-order valence-electron chi connectivity index (χ4n) is 2.37. The third-order valence-electron chi connectivity index (χ3n) is 3.58. The summed E-state index contributed by atoms with van der Waals surface area (Å²) in [5, 5.41) is 17.4. The van der Waals surface area contributed by atoms with Gasteiger partial charge < -0.3 is 19.9 Å². The van der Waals surface area contributed by atoms with Gasteiger partial charge in [-0.25, -0.2) is 4.98 Å². The Balaban J connectivity index is 1.52. The van der Waals surface area contributed by atoms with Crippen molar-refractivity contribution in [2.75, 3.05) is 23.8 Å². The molecule has 9 heteroatoms. The standard InChI is InChI=1S/C17H23N7O2/c1-3-25-8-4-5-13-10-16(23-22-13)20-15-6-7-18-17(21-15)19-11-14-9-12(2)24-26-14/h6-7,9-10H,3-5,8,11H2,1-2H3,(H3,18,19,20,21,22,23). The van der Waals surface area contributed by atoms with E-state index in [1.165, 1.54) is 0 Å². The van der Waals surface area contributed by atoms with Crippen LogP contribution < -0.4 is 10.6 Å². The Labute approximate surface area is 151 Å². The van der Waals surface area contributed by atoms with E-state index in [0.717, 1.165) is 43.2 Å². The highest BCUT2D eigenvalue weighted by Crippen LogP contribution is 2.15. The van der Waals surface area contributed by atoms with Crippen LogP contribution in [-0.4, -0.2) is 38.5 Å². The molecule has 0 aromatic carbocycles. The molecule has 138 valence electrons. The number of rotatable bonds is 10. The van der Waals surface area contributed by atoms with E-state index in [9.17, 15) is 0 Å². The second-order valence-electron chi connectivity index (χ2n) is 5.76. The zero-order chi connectivity index (χ0) is 18.2. The fraction of sp³-hybridized carbons (Fsp3) is 0.412. The second-order valence-corrected chi connectivity index (χ2v) is 5.76. The van der Waals surface area contributed by atoms with E-state index in [1.54, 1.807) is 12.3 Å². The number of aromatic nitrogens is 5. The molecule has 0 unspecified atom stereocenters. The summed E-state index contributed by atoms with van der Waals surface area (Å²) >= 11 is 0. The van der Waals surface area contributed by atoms with Gasteiger partial charge in [-0.1, -0.05) is 5.16 Å². The van der Waals surface area contributed by atoms with Gasteiger partial charge in [-0.05, 0) is 32.8 Å². The largest absolute Gasteiger partial charge is 0.382 e. The molecule has 0 saturated carbocycles. The van der Waals surface area contributed by atoms with Crippen molar-refractivity contribution in [1.82, 2.24) is 25.3 Å². The first-order valence-electron chi connectivity index (χ1n) is 8.61. The molecule has 0 amide bonds. The van der Waals surface area contributed by atoms with Gasteiger partial charge in [-0.3, -0.25) is 5.10 Å². The summed E-state index contributed by atoms with van der Waals surface area (Å²) < 4.78 is 10.5. The number of nitrogens with zero attached hydrogens (tertiary/aromatic N) is 4. The molecule has 26 heavy (non-hydrogen) atoms. The summed E-state index contributed by atoms with van der Waals surface area (Å²) in [6, 6.07) is 5.62. The Hall–Kier alpha value is -2.94. The van der Waals surface area contributed by atoms with E-state index in [4.69, 9.17) is 9.26 Å². The number of anilines is 3. The fourth-order valence-corrected chi connectivity index (χ4v) is 2.37. The van der Waals surface area contributed by atoms with E-state index in [-0.39, 0.29) is 0 Å². The van der Waals surface area contributed by atoms with Crippen LogP contribution in [0.2, 0.25) is 0 Å². The molecule has 3 aromatic heterocycles. The van der Waals surface area contributed by atoms with Crippen LogP contribution in [0.4, 0.5) is 17.6 Å². The summed E-state index contributed by atoms with van der Waals surface area (Å²) in [5.41, 5.74) is 1.90. The van der Waals surface area contributed by atoms with Crippen LogP contribution in [0.1, 0.15) is 30.5 Å². The van der Waals surface area contributed by atoms with Gasteiger partial charge in [0.05, 0.1) is 12.2 Å². The van der Waals surface area contributed by atoms with Crippen LogP contribution in [0.5, 0.6) is 0 Å². The monoisotopic (exact) mass is 357 g/mol. The molecule has 0 bridgehead atoms. The number of ether oxygens (including phenoxy) is 1. The first kappa shape index (κ1) is 17.9. The molecule has 3 heterocycles. The number of hydrogen-bond acceptors (Lipinski definition) is 8. The van der Waals surface area contributed by atoms with Gasteiger partial charge in [0.2, 0.25) is 5.95 Å². The lowest BCUT2D eigenvalue weighted by Crippen LogP contribution is -2.04. The maximum Gasteiger partial charge on any atom is 0.224 e. The molecular weight excluding hydrogens is 334 g/mol. The van der Waals surface area contributed by atoms with E-state index >= 15 is 0 Å². The normalized spacial score (nSPS) is 10.8. The third-order valence-corrected chi connectivity index (χ3v) is 3.58. The highest BCUT2D eigenvalue weighted by molar-refractivity contribution is 5.52. The lowest BCUT2D eigenvalue weighted by molar-refractivity contribution is 0.145. The van der Waals surface area contributed by atoms with Gasteiger partial charge in [0.15, 0.2) is 11.6 Å². The van der Waals surface area contributed by atoms with E-state index in [1.807, 2.05) is 26.0 Å². The third kappa shape index (κ3) is 5.28. The van der Waals surface area contributed by atoms with Gasteiger partial charge >= 0.3 is 0 Å². The maximum absolute atomic E-state index is 5.34. The van der Waals surface area contributed by atoms with Gasteiger partial charge in [0.1, 0.15) is 5.82 Å². The Kier molecular flexibility index (Phi) is 6.15. The summed E-state index contributed by atoms with van der Waals surface area (Å²) in [6.45, 7) is 5.84. The van der Waals surface area contributed by atoms with Crippen molar-refractivity contribution in [3.8, 4) is 0 Å². The van der Waals surface area contributed by atoms with Crippen molar-refractivity contribution < 1.29 is 9.26 Å². The van der Waals surface area contributed by atoms with Crippen molar-refractivity contribution in [3.63, 3.8) is 0 Å². The average Bonchev–Trinajstić information content (AvgIpc) is 3.26. The molecule has 0 radical (unpaired) electrons. The molecular formula is C17H23N7O2. The summed E-state index contributed by atoms with van der Waals surface area (Å²) in [4.78, 5) is 8.62. The number of nitrogens with one attached hydrogen (secondary N) is 3. The number of H-pyrrole nitrogens is 1. The molecule has 9 nitrogen and oxygen atoms in total. The van der Waals surface area contributed by atoms with Gasteiger partial charge in [0, 0.05) is 37.2 Å². The van der Waals surface area contributed by atoms with Gasteiger partial charge in [0.25, 0.3) is 0 Å². The summed E-state index contributed by atoms with van der Waals surface area (Å²) in [5.74, 6) is 2.60. The average molecular weight is 357 g/mol. The Morgan fingerprint density at radius 1 is 1.27 bits per heavy atom. The molecule has 0 aliphatic heterocycles. The lowest BCUT2D eigenvalue weighted by Gasteiger charge is -2.05. The first-order chi connectivity index (χ1) is 12.7. The first-order valence-corrected chi connectivity index (χ1v) is 8.61. The van der Waals surface area contributed by atoms with Crippen molar-refractivity contribution >= 4 is 17.6 Å². The number of aromatic amines is 1. The lowest BCUT2D eigenvalue weighted by atomic mass is 10.2. The Morgan fingerprint density at radius 3 is 3.00 bits per heavy atom. The van der Waals surface area contributed by atoms with E-state index < -0.39 is 0 Å². The van der Waals surface area contributed by atoms with E-state index in [2.05, 4.69) is 36.0 Å². The molecule has 3 aromatic rings. The van der Waals surface area contributed by atoms with Crippen LogP contribution in [0.25, 0.3) is 0 Å². The van der Waals surface area contributed by atoms with Crippen molar-refractivity contribution in [3.05, 3.63) is 41.5 Å². The minimum atomic E-state index is 0.469. The van der Waals surface area contributed by atoms with Crippen LogP contribution >= 0.6 is 0 Å². The second kappa shape index (κ2) is 8.95. The van der Waals surface area contributed by atoms with Crippen molar-refractivity contribution in [1.29, 1.82) is 0 Å². The smallest absolute Gasteiger partial charge is 0.224 e. The van der Waals surface area contributed by atoms with Gasteiger partial charge in [-0.2, -0.15) is 10.1 Å². The highest BCUT2D eigenvalue weighted by Gasteiger charge is 2.05. The van der Waals surface area contributed by atoms with Crippen LogP contribution in [0.3, 0.4) is 0 Å². The van der Waals surface area contributed by atoms with E-state index in [0.29, 0.717) is 24.1 Å². The van der Waals surface area contributed by atoms with Gasteiger partial charge in [-0.15, -0.1) is 0 Å². The Bertz CT molecular complexity index is 815. The molecule has 0 fully saturated rings. The topological polar surface area (TPSA) is 114 Å². The molecule has 3 rings (SSSR count). The summed E-state index contributed by atoms with van der Waals surface area (Å²) in [6.07, 6.45) is 3.53. The minimum Gasteiger partial charge on any atom is -0.382 e. The summed E-state index contributed by atoms with van der Waals surface area (Å²) in [7, 11) is 0. The molecule has 0 aliphatic carbocycles. The minimum absolute atomic E-state index is 0.469. The van der Waals surface area contributed by atoms with Crippen LogP contribution in [0, 0.1) is 6.92 Å². The molecule has 0 aliphatic rings. The Morgan fingerprint density at radius 2 is 2.19 bits per heavy atom. The van der Waals surface area contributed by atoms with Crippen LogP contribution in [-0.2, 0) is 17.7 Å².